The molecule has 0 radical (unpaired) electrons. The summed E-state index contributed by atoms with van der Waals surface area (Å²) in [5, 5.41) is 6.54. The number of nitrogens with one attached hydrogen (secondary N) is 2. The number of rotatable bonds is 9. The summed E-state index contributed by atoms with van der Waals surface area (Å²) in [6, 6.07) is 22.3. The Morgan fingerprint density at radius 2 is 1.69 bits per heavy atom. The molecule has 1 aliphatic heterocycles. The first-order valence-corrected chi connectivity index (χ1v) is 12.5. The summed E-state index contributed by atoms with van der Waals surface area (Å²) in [6.07, 6.45) is 0. The monoisotopic (exact) mass is 472 g/mol. The molecule has 0 unspecified atom stereocenters. The third-order valence-corrected chi connectivity index (χ3v) is 6.51. The van der Waals surface area contributed by atoms with Crippen molar-refractivity contribution in [2.75, 3.05) is 54.9 Å². The van der Waals surface area contributed by atoms with Crippen LogP contribution in [0, 0.1) is 6.92 Å². The Bertz CT molecular complexity index is 1120. The molecule has 35 heavy (non-hydrogen) atoms. The molecule has 0 saturated carbocycles. The van der Waals surface area contributed by atoms with Crippen molar-refractivity contribution in [2.45, 2.75) is 27.3 Å². The van der Waals surface area contributed by atoms with E-state index in [0.717, 1.165) is 74.3 Å². The second-order valence-corrected chi connectivity index (χ2v) is 8.92. The number of carbonyl (C=O) groups is 1. The quantitative estimate of drug-likeness (QED) is 0.420. The van der Waals surface area contributed by atoms with E-state index >= 15 is 0 Å². The zero-order valence-electron chi connectivity index (χ0n) is 21.0. The Hall–Kier alpha value is -3.35. The van der Waals surface area contributed by atoms with E-state index in [1.807, 2.05) is 43.3 Å². The molecule has 1 heterocycles. The van der Waals surface area contributed by atoms with Gasteiger partial charge in [0.05, 0.1) is 13.2 Å². The molecule has 0 aliphatic carbocycles. The lowest BCUT2D eigenvalue weighted by atomic mass is 10.1. The van der Waals surface area contributed by atoms with Gasteiger partial charge in [-0.05, 0) is 73.6 Å². The number of aryl methyl sites for hydroxylation is 1. The van der Waals surface area contributed by atoms with Gasteiger partial charge in [-0.2, -0.15) is 0 Å². The van der Waals surface area contributed by atoms with Crippen molar-refractivity contribution in [2.24, 2.45) is 0 Å². The first-order chi connectivity index (χ1) is 17.1. The summed E-state index contributed by atoms with van der Waals surface area (Å²) in [5.74, 6) is -0.123. The van der Waals surface area contributed by atoms with Crippen LogP contribution in [0.1, 0.15) is 35.3 Å². The van der Waals surface area contributed by atoms with Gasteiger partial charge in [0.15, 0.2) is 0 Å². The maximum absolute atomic E-state index is 13.0. The molecule has 1 amide bonds. The number of carbonyl (C=O) groups excluding carboxylic acids is 1. The third-order valence-electron chi connectivity index (χ3n) is 6.51. The second-order valence-electron chi connectivity index (χ2n) is 8.92. The number of hydrogen-bond acceptors (Lipinski definition) is 5. The fourth-order valence-corrected chi connectivity index (χ4v) is 4.26. The van der Waals surface area contributed by atoms with E-state index in [1.54, 1.807) is 0 Å². The lowest BCUT2D eigenvalue weighted by molar-refractivity contribution is 0.102. The number of ether oxygens (including phenoxy) is 1. The van der Waals surface area contributed by atoms with Crippen LogP contribution in [-0.4, -0.2) is 50.2 Å². The van der Waals surface area contributed by atoms with Crippen molar-refractivity contribution in [3.8, 4) is 0 Å². The first kappa shape index (κ1) is 24.8. The minimum absolute atomic E-state index is 0.123. The van der Waals surface area contributed by atoms with Gasteiger partial charge < -0.3 is 20.3 Å². The fraction of sp³-hybridized carbons (Fsp3) is 0.345. The molecule has 0 spiro atoms. The van der Waals surface area contributed by atoms with Gasteiger partial charge in [0.25, 0.3) is 5.91 Å². The van der Waals surface area contributed by atoms with Crippen LogP contribution >= 0.6 is 0 Å². The fourth-order valence-electron chi connectivity index (χ4n) is 4.26. The molecule has 6 heteroatoms. The molecule has 6 nitrogen and oxygen atoms in total. The van der Waals surface area contributed by atoms with E-state index in [2.05, 4.69) is 64.6 Å². The second kappa shape index (κ2) is 11.9. The van der Waals surface area contributed by atoms with Crippen LogP contribution in [0.15, 0.2) is 66.7 Å². The Morgan fingerprint density at radius 3 is 2.40 bits per heavy atom. The number of morpholine rings is 1. The largest absolute Gasteiger partial charge is 0.378 e. The summed E-state index contributed by atoms with van der Waals surface area (Å²) in [4.78, 5) is 17.7. The predicted octanol–water partition coefficient (Wildman–Crippen LogP) is 5.67. The number of amides is 1. The van der Waals surface area contributed by atoms with Crippen LogP contribution in [0.5, 0.6) is 0 Å². The molecule has 1 aliphatic rings. The summed E-state index contributed by atoms with van der Waals surface area (Å²) in [7, 11) is 0. The Morgan fingerprint density at radius 1 is 0.943 bits per heavy atom. The molecular formula is C29H36N4O2. The normalized spacial score (nSPS) is 13.7. The number of anilines is 4. The van der Waals surface area contributed by atoms with Crippen molar-refractivity contribution >= 4 is 28.7 Å². The summed E-state index contributed by atoms with van der Waals surface area (Å²) >= 11 is 0. The standard InChI is InChI=1S/C29H36N4O2/c1-4-32(5-2)21-23-10-13-25(14-11-23)30-28-19-24(12-9-22(28)3)29(34)31-26-7-6-8-27(20-26)33-15-17-35-18-16-33/h6-14,19-20,30H,4-5,15-18,21H2,1-3H3,(H,31,34). The molecular weight excluding hydrogens is 436 g/mol. The van der Waals surface area contributed by atoms with E-state index < -0.39 is 0 Å². The average Bonchev–Trinajstić information content (AvgIpc) is 2.90. The zero-order valence-corrected chi connectivity index (χ0v) is 21.0. The maximum atomic E-state index is 13.0. The van der Waals surface area contributed by atoms with E-state index in [-0.39, 0.29) is 5.91 Å². The zero-order chi connectivity index (χ0) is 24.6. The average molecular weight is 473 g/mol. The molecule has 0 bridgehead atoms. The minimum atomic E-state index is -0.123. The van der Waals surface area contributed by atoms with Crippen molar-refractivity contribution in [3.05, 3.63) is 83.4 Å². The molecule has 0 atom stereocenters. The van der Waals surface area contributed by atoms with Crippen molar-refractivity contribution < 1.29 is 9.53 Å². The number of hydrogen-bond donors (Lipinski definition) is 2. The van der Waals surface area contributed by atoms with Gasteiger partial charge in [-0.25, -0.2) is 0 Å². The van der Waals surface area contributed by atoms with Crippen molar-refractivity contribution in [1.82, 2.24) is 4.90 Å². The predicted molar refractivity (Wildman–Crippen MR) is 145 cm³/mol. The number of benzene rings is 3. The van der Waals surface area contributed by atoms with Crippen LogP contribution in [0.4, 0.5) is 22.7 Å². The summed E-state index contributed by atoms with van der Waals surface area (Å²) < 4.78 is 5.45. The molecule has 3 aromatic rings. The first-order valence-electron chi connectivity index (χ1n) is 12.5. The number of nitrogens with zero attached hydrogens (tertiary/aromatic N) is 2. The minimum Gasteiger partial charge on any atom is -0.378 e. The van der Waals surface area contributed by atoms with E-state index in [1.165, 1.54) is 5.56 Å². The van der Waals surface area contributed by atoms with Crippen molar-refractivity contribution in [1.29, 1.82) is 0 Å². The summed E-state index contributed by atoms with van der Waals surface area (Å²) in [5.41, 5.74) is 6.82. The molecule has 0 aromatic heterocycles. The SMILES string of the molecule is CCN(CC)Cc1ccc(Nc2cc(C(=O)Nc3cccc(N4CCOCC4)c3)ccc2C)cc1. The maximum Gasteiger partial charge on any atom is 0.255 e. The van der Waals surface area contributed by atoms with E-state index in [4.69, 9.17) is 4.74 Å². The Kier molecular flexibility index (Phi) is 8.40. The van der Waals surface area contributed by atoms with Crippen LogP contribution in [0.3, 0.4) is 0 Å². The molecule has 1 saturated heterocycles. The lowest BCUT2D eigenvalue weighted by Crippen LogP contribution is -2.36. The summed E-state index contributed by atoms with van der Waals surface area (Å²) in [6.45, 7) is 12.6. The highest BCUT2D eigenvalue weighted by atomic mass is 16.5. The van der Waals surface area contributed by atoms with Gasteiger partial charge in [0.2, 0.25) is 0 Å². The lowest BCUT2D eigenvalue weighted by Gasteiger charge is -2.29. The molecule has 4 rings (SSSR count). The topological polar surface area (TPSA) is 56.8 Å². The van der Waals surface area contributed by atoms with Crippen LogP contribution in [-0.2, 0) is 11.3 Å². The highest BCUT2D eigenvalue weighted by molar-refractivity contribution is 6.05. The molecule has 184 valence electrons. The Labute approximate surface area is 208 Å². The van der Waals surface area contributed by atoms with Gasteiger partial charge in [-0.15, -0.1) is 0 Å². The van der Waals surface area contributed by atoms with Crippen LogP contribution < -0.4 is 15.5 Å². The van der Waals surface area contributed by atoms with Gasteiger partial charge in [-0.3, -0.25) is 9.69 Å². The van der Waals surface area contributed by atoms with Gasteiger partial charge in [0, 0.05) is 47.9 Å². The van der Waals surface area contributed by atoms with Crippen LogP contribution in [0.2, 0.25) is 0 Å². The smallest absolute Gasteiger partial charge is 0.255 e. The van der Waals surface area contributed by atoms with Gasteiger partial charge in [0.1, 0.15) is 0 Å². The van der Waals surface area contributed by atoms with Crippen LogP contribution in [0.25, 0.3) is 0 Å². The molecule has 1 fully saturated rings. The van der Waals surface area contributed by atoms with Gasteiger partial charge >= 0.3 is 0 Å². The third kappa shape index (κ3) is 6.62. The molecule has 3 aromatic carbocycles. The highest BCUT2D eigenvalue weighted by Gasteiger charge is 2.13. The van der Waals surface area contributed by atoms with Crippen molar-refractivity contribution in [3.63, 3.8) is 0 Å². The highest BCUT2D eigenvalue weighted by Crippen LogP contribution is 2.25. The Balaban J connectivity index is 1.43. The van der Waals surface area contributed by atoms with Gasteiger partial charge in [-0.1, -0.05) is 38.1 Å². The van der Waals surface area contributed by atoms with E-state index in [0.29, 0.717) is 5.56 Å². The van der Waals surface area contributed by atoms with E-state index in [9.17, 15) is 4.79 Å². The molecule has 2 N–H and O–H groups in total.